The van der Waals surface area contributed by atoms with E-state index in [0.29, 0.717) is 17.1 Å². The van der Waals surface area contributed by atoms with Crippen LogP contribution in [0, 0.1) is 5.82 Å². The third-order valence-corrected chi connectivity index (χ3v) is 6.16. The number of carbonyl (C=O) groups is 1. The van der Waals surface area contributed by atoms with Crippen molar-refractivity contribution in [3.8, 4) is 5.75 Å². The molecule has 0 saturated carbocycles. The van der Waals surface area contributed by atoms with Gasteiger partial charge in [0.25, 0.3) is 5.91 Å². The van der Waals surface area contributed by atoms with Crippen molar-refractivity contribution in [2.75, 3.05) is 0 Å². The molecule has 8 heteroatoms. The van der Waals surface area contributed by atoms with Crippen molar-refractivity contribution >= 4 is 27.6 Å². The van der Waals surface area contributed by atoms with Gasteiger partial charge in [0.2, 0.25) is 0 Å². The lowest BCUT2D eigenvalue weighted by Gasteiger charge is -2.27. The van der Waals surface area contributed by atoms with Crippen LogP contribution in [0.5, 0.6) is 5.75 Å². The van der Waals surface area contributed by atoms with E-state index in [2.05, 4.69) is 0 Å². The highest BCUT2D eigenvalue weighted by atomic mass is 35.5. The SMILES string of the molecule is CC(C)N(Cc1ccc(OS(=O)(=O)c2ccc(F)cc2)cc1)C(=O)c1ccccc1Cl. The Morgan fingerprint density at radius 2 is 1.61 bits per heavy atom. The third-order valence-electron chi connectivity index (χ3n) is 4.57. The minimum atomic E-state index is -4.08. The quantitative estimate of drug-likeness (QED) is 0.448. The van der Waals surface area contributed by atoms with E-state index in [1.165, 1.54) is 12.1 Å². The van der Waals surface area contributed by atoms with Gasteiger partial charge >= 0.3 is 10.1 Å². The van der Waals surface area contributed by atoms with Crippen LogP contribution in [-0.2, 0) is 16.7 Å². The number of hydrogen-bond donors (Lipinski definition) is 0. The number of rotatable bonds is 7. The first-order chi connectivity index (χ1) is 14.7. The maximum absolute atomic E-state index is 13.0. The number of carbonyl (C=O) groups excluding carboxylic acids is 1. The smallest absolute Gasteiger partial charge is 0.339 e. The average Bonchev–Trinajstić information content (AvgIpc) is 2.73. The Morgan fingerprint density at radius 3 is 2.19 bits per heavy atom. The molecule has 3 rings (SSSR count). The molecular formula is C23H21ClFNO4S. The van der Waals surface area contributed by atoms with E-state index in [1.807, 2.05) is 13.8 Å². The summed E-state index contributed by atoms with van der Waals surface area (Å²) < 4.78 is 42.8. The number of benzene rings is 3. The molecule has 0 aliphatic rings. The van der Waals surface area contributed by atoms with Crippen LogP contribution in [0.2, 0.25) is 5.02 Å². The Balaban J connectivity index is 1.75. The molecule has 1 amide bonds. The second kappa shape index (κ2) is 9.49. The van der Waals surface area contributed by atoms with E-state index < -0.39 is 15.9 Å². The zero-order valence-electron chi connectivity index (χ0n) is 17.0. The average molecular weight is 462 g/mol. The summed E-state index contributed by atoms with van der Waals surface area (Å²) in [6.07, 6.45) is 0. The Morgan fingerprint density at radius 1 is 1.00 bits per heavy atom. The fraction of sp³-hybridized carbons (Fsp3) is 0.174. The van der Waals surface area contributed by atoms with Crippen molar-refractivity contribution in [3.63, 3.8) is 0 Å². The predicted molar refractivity (Wildman–Crippen MR) is 117 cm³/mol. The topological polar surface area (TPSA) is 63.7 Å². The van der Waals surface area contributed by atoms with Crippen LogP contribution in [0.15, 0.2) is 77.7 Å². The zero-order valence-corrected chi connectivity index (χ0v) is 18.5. The normalized spacial score (nSPS) is 11.4. The molecule has 31 heavy (non-hydrogen) atoms. The van der Waals surface area contributed by atoms with Crippen LogP contribution in [-0.4, -0.2) is 25.3 Å². The molecule has 3 aromatic rings. The molecule has 0 N–H and O–H groups in total. The number of nitrogens with zero attached hydrogens (tertiary/aromatic N) is 1. The maximum Gasteiger partial charge on any atom is 0.339 e. The lowest BCUT2D eigenvalue weighted by atomic mass is 10.1. The van der Waals surface area contributed by atoms with Gasteiger partial charge in [0.05, 0.1) is 10.6 Å². The molecule has 0 fully saturated rings. The molecule has 0 bridgehead atoms. The molecule has 0 aromatic heterocycles. The summed E-state index contributed by atoms with van der Waals surface area (Å²) in [7, 11) is -4.08. The minimum absolute atomic E-state index is 0.0847. The van der Waals surface area contributed by atoms with Crippen molar-refractivity contribution in [1.29, 1.82) is 0 Å². The van der Waals surface area contributed by atoms with Crippen molar-refractivity contribution in [2.24, 2.45) is 0 Å². The zero-order chi connectivity index (χ0) is 22.6. The minimum Gasteiger partial charge on any atom is -0.379 e. The predicted octanol–water partition coefficient (Wildman–Crippen LogP) is 5.30. The molecule has 0 aliphatic heterocycles. The van der Waals surface area contributed by atoms with Crippen molar-refractivity contribution < 1.29 is 21.8 Å². The number of hydrogen-bond acceptors (Lipinski definition) is 4. The van der Waals surface area contributed by atoms with Gasteiger partial charge in [-0.05, 0) is 67.9 Å². The summed E-state index contributed by atoms with van der Waals surface area (Å²) in [6, 6.07) is 17.5. The fourth-order valence-electron chi connectivity index (χ4n) is 2.90. The van der Waals surface area contributed by atoms with Gasteiger partial charge in [-0.15, -0.1) is 0 Å². The van der Waals surface area contributed by atoms with Crippen molar-refractivity contribution in [3.05, 3.63) is 94.8 Å². The van der Waals surface area contributed by atoms with Gasteiger partial charge in [-0.2, -0.15) is 8.42 Å². The van der Waals surface area contributed by atoms with Crippen LogP contribution in [0.3, 0.4) is 0 Å². The van der Waals surface area contributed by atoms with Crippen LogP contribution < -0.4 is 4.18 Å². The first kappa shape index (κ1) is 22.8. The monoisotopic (exact) mass is 461 g/mol. The Labute approximate surface area is 186 Å². The van der Waals surface area contributed by atoms with E-state index in [1.54, 1.807) is 41.3 Å². The molecule has 0 aliphatic carbocycles. The first-order valence-electron chi connectivity index (χ1n) is 9.52. The van der Waals surface area contributed by atoms with Gasteiger partial charge < -0.3 is 9.08 Å². The molecule has 0 heterocycles. The lowest BCUT2D eigenvalue weighted by Crippen LogP contribution is -2.36. The van der Waals surface area contributed by atoms with Crippen LogP contribution in [0.4, 0.5) is 4.39 Å². The summed E-state index contributed by atoms with van der Waals surface area (Å²) in [5.74, 6) is -0.620. The van der Waals surface area contributed by atoms with Gasteiger partial charge in [0.1, 0.15) is 16.5 Å². The van der Waals surface area contributed by atoms with Crippen LogP contribution in [0.1, 0.15) is 29.8 Å². The fourth-order valence-corrected chi connectivity index (χ4v) is 4.05. The second-order valence-corrected chi connectivity index (χ2v) is 9.10. The van der Waals surface area contributed by atoms with Crippen molar-refractivity contribution in [2.45, 2.75) is 31.3 Å². The third kappa shape index (κ3) is 5.62. The Bertz CT molecular complexity index is 1160. The highest BCUT2D eigenvalue weighted by molar-refractivity contribution is 7.87. The van der Waals surface area contributed by atoms with Gasteiger partial charge in [0.15, 0.2) is 0 Å². The second-order valence-electron chi connectivity index (χ2n) is 7.14. The van der Waals surface area contributed by atoms with Crippen LogP contribution >= 0.6 is 11.6 Å². The largest absolute Gasteiger partial charge is 0.379 e. The highest BCUT2D eigenvalue weighted by Crippen LogP contribution is 2.23. The standard InChI is InChI=1S/C23H21ClFNO4S/c1-16(2)26(23(27)21-5-3-4-6-22(21)24)15-17-7-11-19(12-8-17)30-31(28,29)20-13-9-18(25)10-14-20/h3-14,16H,15H2,1-2H3. The number of amides is 1. The Hall–Kier alpha value is -2.90. The van der Waals surface area contributed by atoms with E-state index >= 15 is 0 Å². The Kier molecular flexibility index (Phi) is 6.97. The summed E-state index contributed by atoms with van der Waals surface area (Å²) in [4.78, 5) is 14.5. The summed E-state index contributed by atoms with van der Waals surface area (Å²) in [6.45, 7) is 4.12. The molecular weight excluding hydrogens is 441 g/mol. The van der Waals surface area contributed by atoms with Gasteiger partial charge in [-0.25, -0.2) is 4.39 Å². The molecule has 0 spiro atoms. The first-order valence-corrected chi connectivity index (χ1v) is 11.3. The highest BCUT2D eigenvalue weighted by Gasteiger charge is 2.21. The summed E-state index contributed by atoms with van der Waals surface area (Å²) in [5, 5.41) is 0.382. The number of halogens is 2. The maximum atomic E-state index is 13.0. The molecule has 162 valence electrons. The van der Waals surface area contributed by atoms with E-state index in [4.69, 9.17) is 15.8 Å². The molecule has 3 aromatic carbocycles. The molecule has 0 radical (unpaired) electrons. The molecule has 5 nitrogen and oxygen atoms in total. The molecule has 0 saturated heterocycles. The lowest BCUT2D eigenvalue weighted by molar-refractivity contribution is 0.0690. The van der Waals surface area contributed by atoms with Gasteiger partial charge in [-0.3, -0.25) is 4.79 Å². The van der Waals surface area contributed by atoms with E-state index in [0.717, 1.165) is 29.8 Å². The van der Waals surface area contributed by atoms with Gasteiger partial charge in [-0.1, -0.05) is 35.9 Å². The van der Waals surface area contributed by atoms with E-state index in [-0.39, 0.29) is 22.6 Å². The molecule has 0 atom stereocenters. The molecule has 0 unspecified atom stereocenters. The van der Waals surface area contributed by atoms with Gasteiger partial charge in [0, 0.05) is 12.6 Å². The summed E-state index contributed by atoms with van der Waals surface area (Å²) in [5.41, 5.74) is 1.21. The van der Waals surface area contributed by atoms with Crippen molar-refractivity contribution in [1.82, 2.24) is 4.90 Å². The van der Waals surface area contributed by atoms with E-state index in [9.17, 15) is 17.6 Å². The van der Waals surface area contributed by atoms with Crippen LogP contribution in [0.25, 0.3) is 0 Å². The summed E-state index contributed by atoms with van der Waals surface area (Å²) >= 11 is 6.17.